The number of alkyl halides is 2. The molecule has 0 unspecified atom stereocenters. The van der Waals surface area contributed by atoms with Crippen molar-refractivity contribution >= 4 is 11.7 Å². The number of hydrogen-bond acceptors (Lipinski definition) is 4. The number of carboxylic acid groups (broad SMARTS) is 1. The first-order chi connectivity index (χ1) is 7.82. The van der Waals surface area contributed by atoms with Gasteiger partial charge in [-0.2, -0.15) is 0 Å². The van der Waals surface area contributed by atoms with Crippen molar-refractivity contribution in [3.63, 3.8) is 0 Å². The van der Waals surface area contributed by atoms with Gasteiger partial charge in [-0.3, -0.25) is 19.9 Å². The molecule has 0 bridgehead atoms. The van der Waals surface area contributed by atoms with E-state index in [0.717, 1.165) is 6.07 Å². The lowest BCUT2D eigenvalue weighted by molar-refractivity contribution is -0.385. The fourth-order valence-electron chi connectivity index (χ4n) is 1.38. The molecule has 1 aromatic rings. The Morgan fingerprint density at radius 1 is 1.65 bits per heavy atom. The maximum atomic E-state index is 12.6. The minimum Gasteiger partial charge on any atom is -0.481 e. The number of pyridine rings is 1. The van der Waals surface area contributed by atoms with Gasteiger partial charge in [-0.15, -0.1) is 0 Å². The Bertz CT molecular complexity index is 476. The van der Waals surface area contributed by atoms with Crippen molar-refractivity contribution in [1.29, 1.82) is 0 Å². The second-order valence-electron chi connectivity index (χ2n) is 3.27. The highest BCUT2D eigenvalue weighted by molar-refractivity contribution is 5.72. The van der Waals surface area contributed by atoms with Crippen LogP contribution in [0.25, 0.3) is 0 Å². The first-order valence-electron chi connectivity index (χ1n) is 4.47. The molecule has 0 radical (unpaired) electrons. The second kappa shape index (κ2) is 4.81. The number of halogens is 2. The number of aliphatic carboxylic acids is 1. The summed E-state index contributed by atoms with van der Waals surface area (Å²) in [5.74, 6) is -1.43. The van der Waals surface area contributed by atoms with Crippen LogP contribution in [0.15, 0.2) is 6.07 Å². The molecule has 0 saturated carbocycles. The number of aromatic nitrogens is 1. The Hall–Kier alpha value is -2.12. The molecule has 1 aromatic heterocycles. The van der Waals surface area contributed by atoms with Crippen molar-refractivity contribution in [2.24, 2.45) is 0 Å². The van der Waals surface area contributed by atoms with Crippen LogP contribution >= 0.6 is 0 Å². The van der Waals surface area contributed by atoms with Crippen LogP contribution in [-0.4, -0.2) is 21.0 Å². The number of carbonyl (C=O) groups is 1. The number of nitrogens with zero attached hydrogens (tertiary/aromatic N) is 2. The summed E-state index contributed by atoms with van der Waals surface area (Å²) in [6.45, 7) is 1.32. The van der Waals surface area contributed by atoms with E-state index in [-0.39, 0.29) is 5.69 Å². The zero-order chi connectivity index (χ0) is 13.2. The summed E-state index contributed by atoms with van der Waals surface area (Å²) in [6, 6.07) is 0.976. The van der Waals surface area contributed by atoms with E-state index in [4.69, 9.17) is 5.11 Å². The minimum absolute atomic E-state index is 0.0427. The van der Waals surface area contributed by atoms with Gasteiger partial charge in [-0.25, -0.2) is 8.78 Å². The Balaban J connectivity index is 3.46. The first-order valence-corrected chi connectivity index (χ1v) is 4.47. The molecule has 0 aliphatic rings. The van der Waals surface area contributed by atoms with Gasteiger partial charge in [0.15, 0.2) is 0 Å². The summed E-state index contributed by atoms with van der Waals surface area (Å²) >= 11 is 0. The quantitative estimate of drug-likeness (QED) is 0.646. The zero-order valence-electron chi connectivity index (χ0n) is 8.68. The average Bonchev–Trinajstić information content (AvgIpc) is 2.18. The van der Waals surface area contributed by atoms with Gasteiger partial charge >= 0.3 is 5.97 Å². The lowest BCUT2D eigenvalue weighted by Gasteiger charge is -2.07. The molecule has 6 nitrogen and oxygen atoms in total. The molecule has 0 aliphatic carbocycles. The van der Waals surface area contributed by atoms with Gasteiger partial charge in [0.25, 0.3) is 12.1 Å². The third kappa shape index (κ3) is 2.92. The van der Waals surface area contributed by atoms with Gasteiger partial charge < -0.3 is 5.11 Å². The van der Waals surface area contributed by atoms with E-state index in [1.54, 1.807) is 0 Å². The molecule has 0 fully saturated rings. The summed E-state index contributed by atoms with van der Waals surface area (Å²) < 4.78 is 25.2. The number of hydrogen-bond donors (Lipinski definition) is 1. The number of carboxylic acids is 1. The van der Waals surface area contributed by atoms with Crippen molar-refractivity contribution in [1.82, 2.24) is 4.98 Å². The van der Waals surface area contributed by atoms with Gasteiger partial charge in [-0.1, -0.05) is 0 Å². The van der Waals surface area contributed by atoms with Crippen molar-refractivity contribution < 1.29 is 23.6 Å². The van der Waals surface area contributed by atoms with E-state index < -0.39 is 40.7 Å². The molecule has 1 N–H and O–H groups in total. The van der Waals surface area contributed by atoms with Crippen molar-refractivity contribution in [2.45, 2.75) is 19.8 Å². The largest absolute Gasteiger partial charge is 0.481 e. The van der Waals surface area contributed by atoms with Crippen LogP contribution in [0, 0.1) is 17.0 Å². The van der Waals surface area contributed by atoms with E-state index in [1.807, 2.05) is 0 Å². The highest BCUT2D eigenvalue weighted by Gasteiger charge is 2.26. The second-order valence-corrected chi connectivity index (χ2v) is 3.27. The number of rotatable bonds is 4. The van der Waals surface area contributed by atoms with E-state index in [9.17, 15) is 23.7 Å². The van der Waals surface area contributed by atoms with Crippen LogP contribution in [0.5, 0.6) is 0 Å². The smallest absolute Gasteiger partial charge is 0.308 e. The SMILES string of the molecule is Cc1cc([N+](=O)[O-])c(CC(=O)O)c(C(F)F)n1. The van der Waals surface area contributed by atoms with Crippen LogP contribution in [0.3, 0.4) is 0 Å². The normalized spacial score (nSPS) is 10.6. The van der Waals surface area contributed by atoms with Crippen LogP contribution in [0.2, 0.25) is 0 Å². The van der Waals surface area contributed by atoms with E-state index in [2.05, 4.69) is 4.98 Å². The molecule has 0 amide bonds. The molecule has 8 heteroatoms. The summed E-state index contributed by atoms with van der Waals surface area (Å²) in [4.78, 5) is 23.7. The van der Waals surface area contributed by atoms with Crippen molar-refractivity contribution in [3.8, 4) is 0 Å². The summed E-state index contributed by atoms with van der Waals surface area (Å²) in [5.41, 5.74) is -2.00. The lowest BCUT2D eigenvalue weighted by Crippen LogP contribution is -2.10. The van der Waals surface area contributed by atoms with Gasteiger partial charge in [0.1, 0.15) is 5.69 Å². The molecule has 92 valence electrons. The van der Waals surface area contributed by atoms with E-state index in [1.165, 1.54) is 6.92 Å². The number of nitro groups is 1. The third-order valence-electron chi connectivity index (χ3n) is 1.99. The highest BCUT2D eigenvalue weighted by Crippen LogP contribution is 2.29. The number of aryl methyl sites for hydroxylation is 1. The predicted molar refractivity (Wildman–Crippen MR) is 51.9 cm³/mol. The Morgan fingerprint density at radius 2 is 2.24 bits per heavy atom. The van der Waals surface area contributed by atoms with E-state index in [0.29, 0.717) is 0 Å². The van der Waals surface area contributed by atoms with E-state index >= 15 is 0 Å². The van der Waals surface area contributed by atoms with Crippen LogP contribution in [-0.2, 0) is 11.2 Å². The Morgan fingerprint density at radius 3 is 2.65 bits per heavy atom. The highest BCUT2D eigenvalue weighted by atomic mass is 19.3. The van der Waals surface area contributed by atoms with Gasteiger partial charge in [0, 0.05) is 11.8 Å². The lowest BCUT2D eigenvalue weighted by atomic mass is 10.1. The van der Waals surface area contributed by atoms with Gasteiger partial charge in [0.2, 0.25) is 0 Å². The summed E-state index contributed by atoms with van der Waals surface area (Å²) in [7, 11) is 0. The van der Waals surface area contributed by atoms with Crippen molar-refractivity contribution in [2.75, 3.05) is 0 Å². The molecule has 0 atom stereocenters. The average molecular weight is 246 g/mol. The standard InChI is InChI=1S/C9H8F2N2O4/c1-4-2-6(13(16)17)5(3-7(14)15)8(12-4)9(10)11/h2,9H,3H2,1H3,(H,14,15). The molecule has 1 rings (SSSR count). The topological polar surface area (TPSA) is 93.3 Å². The maximum Gasteiger partial charge on any atom is 0.308 e. The fourth-order valence-corrected chi connectivity index (χ4v) is 1.38. The molecule has 17 heavy (non-hydrogen) atoms. The molecule has 0 spiro atoms. The maximum absolute atomic E-state index is 12.6. The molecular formula is C9H8F2N2O4. The molecular weight excluding hydrogens is 238 g/mol. The predicted octanol–water partition coefficient (Wildman–Crippen LogP) is 1.86. The van der Waals surface area contributed by atoms with Crippen molar-refractivity contribution in [3.05, 3.63) is 33.1 Å². The fraction of sp³-hybridized carbons (Fsp3) is 0.333. The van der Waals surface area contributed by atoms with Gasteiger partial charge in [0.05, 0.1) is 16.9 Å². The summed E-state index contributed by atoms with van der Waals surface area (Å²) in [5, 5.41) is 19.2. The molecule has 0 aliphatic heterocycles. The first kappa shape index (κ1) is 12.9. The summed E-state index contributed by atoms with van der Waals surface area (Å²) in [6.07, 6.45) is -3.91. The minimum atomic E-state index is -3.05. The molecule has 1 heterocycles. The third-order valence-corrected chi connectivity index (χ3v) is 1.99. The van der Waals surface area contributed by atoms with Crippen LogP contribution in [0.1, 0.15) is 23.4 Å². The molecule has 0 aromatic carbocycles. The van der Waals surface area contributed by atoms with Gasteiger partial charge in [-0.05, 0) is 6.92 Å². The Labute approximate surface area is 94.1 Å². The van der Waals surface area contributed by atoms with Crippen LogP contribution < -0.4 is 0 Å². The monoisotopic (exact) mass is 246 g/mol. The molecule has 0 saturated heterocycles. The van der Waals surface area contributed by atoms with Crippen LogP contribution in [0.4, 0.5) is 14.5 Å². The Kier molecular flexibility index (Phi) is 3.66. The zero-order valence-corrected chi connectivity index (χ0v) is 8.68.